The van der Waals surface area contributed by atoms with E-state index in [9.17, 15) is 4.39 Å². The maximum Gasteiger partial charge on any atom is 0.254 e. The van der Waals surface area contributed by atoms with Crippen molar-refractivity contribution >= 4 is 11.6 Å². The Morgan fingerprint density at radius 2 is 1.86 bits per heavy atom. The van der Waals surface area contributed by atoms with Gasteiger partial charge in [0.25, 0.3) is 5.88 Å². The highest BCUT2D eigenvalue weighted by Crippen LogP contribution is 2.24. The number of halogens is 2. The van der Waals surface area contributed by atoms with Gasteiger partial charge in [-0.25, -0.2) is 4.98 Å². The van der Waals surface area contributed by atoms with Gasteiger partial charge in [-0.15, -0.1) is 0 Å². The van der Waals surface area contributed by atoms with Crippen molar-refractivity contribution in [3.8, 4) is 5.88 Å². The molecule has 0 radical (unpaired) electrons. The average molecular weight is 321 g/mol. The molecule has 3 rings (SSSR count). The molecule has 1 aromatic carbocycles. The molecule has 1 heterocycles. The number of benzene rings is 1. The Hall–Kier alpha value is -1.68. The monoisotopic (exact) mass is 320 g/mol. The van der Waals surface area contributed by atoms with Crippen molar-refractivity contribution in [3.63, 3.8) is 0 Å². The molecule has 0 spiro atoms. The second-order valence-electron chi connectivity index (χ2n) is 5.62. The van der Waals surface area contributed by atoms with Crippen LogP contribution >= 0.6 is 11.6 Å². The van der Waals surface area contributed by atoms with E-state index in [0.29, 0.717) is 17.3 Å². The summed E-state index contributed by atoms with van der Waals surface area (Å²) in [5.74, 6) is 0.130. The van der Waals surface area contributed by atoms with Gasteiger partial charge < -0.3 is 4.74 Å². The molecule has 22 heavy (non-hydrogen) atoms. The van der Waals surface area contributed by atoms with Crippen molar-refractivity contribution in [3.05, 3.63) is 52.7 Å². The third-order valence-corrected chi connectivity index (χ3v) is 4.12. The highest BCUT2D eigenvalue weighted by Gasteiger charge is 2.18. The fourth-order valence-electron chi connectivity index (χ4n) is 2.68. The van der Waals surface area contributed by atoms with Gasteiger partial charge in [0.05, 0.1) is 6.20 Å². The average Bonchev–Trinajstić information content (AvgIpc) is 2.54. The molecule has 3 nitrogen and oxygen atoms in total. The van der Waals surface area contributed by atoms with Crippen LogP contribution in [0.5, 0.6) is 5.88 Å². The third-order valence-electron chi connectivity index (χ3n) is 3.87. The van der Waals surface area contributed by atoms with E-state index in [4.69, 9.17) is 16.3 Å². The molecular weight excluding hydrogens is 303 g/mol. The second kappa shape index (κ2) is 7.05. The topological polar surface area (TPSA) is 35.0 Å². The number of hydrogen-bond donors (Lipinski definition) is 0. The minimum absolute atomic E-state index is 0.0709. The van der Waals surface area contributed by atoms with Gasteiger partial charge in [-0.05, 0) is 43.4 Å². The molecule has 0 aliphatic heterocycles. The van der Waals surface area contributed by atoms with Crippen LogP contribution in [0.25, 0.3) is 0 Å². The molecule has 0 unspecified atom stereocenters. The van der Waals surface area contributed by atoms with Gasteiger partial charge >= 0.3 is 0 Å². The van der Waals surface area contributed by atoms with Gasteiger partial charge in [0, 0.05) is 11.4 Å². The zero-order chi connectivity index (χ0) is 15.4. The summed E-state index contributed by atoms with van der Waals surface area (Å²) in [6, 6.07) is 7.47. The first-order valence-corrected chi connectivity index (χ1v) is 8.01. The van der Waals surface area contributed by atoms with Crippen LogP contribution in [0.4, 0.5) is 4.39 Å². The Kier molecular flexibility index (Phi) is 4.88. The largest absolute Gasteiger partial charge is 0.472 e. The van der Waals surface area contributed by atoms with Crippen LogP contribution < -0.4 is 4.74 Å². The van der Waals surface area contributed by atoms with Crippen LogP contribution in [0.1, 0.15) is 43.5 Å². The van der Waals surface area contributed by atoms with E-state index in [1.54, 1.807) is 0 Å². The van der Waals surface area contributed by atoms with Crippen LogP contribution in [0.2, 0.25) is 5.02 Å². The lowest BCUT2D eigenvalue weighted by molar-refractivity contribution is 0.141. The Morgan fingerprint density at radius 1 is 1.14 bits per heavy atom. The van der Waals surface area contributed by atoms with Gasteiger partial charge in [0.1, 0.15) is 11.9 Å². The number of aromatic nitrogens is 2. The lowest BCUT2D eigenvalue weighted by Gasteiger charge is -2.22. The summed E-state index contributed by atoms with van der Waals surface area (Å²) in [6.45, 7) is 0. The first-order chi connectivity index (χ1) is 10.7. The Balaban J connectivity index is 1.72. The molecule has 0 bridgehead atoms. The molecule has 1 fully saturated rings. The van der Waals surface area contributed by atoms with Gasteiger partial charge in [0.2, 0.25) is 5.82 Å². The lowest BCUT2D eigenvalue weighted by Crippen LogP contribution is -2.21. The molecule has 1 aromatic heterocycles. The van der Waals surface area contributed by atoms with Crippen LogP contribution in [0.3, 0.4) is 0 Å². The minimum atomic E-state index is -0.495. The summed E-state index contributed by atoms with van der Waals surface area (Å²) < 4.78 is 19.6. The number of rotatable bonds is 4. The fraction of sp³-hybridized carbons (Fsp3) is 0.412. The molecule has 0 N–H and O–H groups in total. The second-order valence-corrected chi connectivity index (χ2v) is 6.06. The third kappa shape index (κ3) is 3.95. The molecule has 0 atom stereocenters. The number of nitrogens with zero attached hydrogens (tertiary/aromatic N) is 2. The van der Waals surface area contributed by atoms with Crippen LogP contribution in [-0.4, -0.2) is 16.1 Å². The summed E-state index contributed by atoms with van der Waals surface area (Å²) in [6.07, 6.45) is 7.22. The molecule has 1 saturated carbocycles. The molecule has 116 valence electrons. The van der Waals surface area contributed by atoms with E-state index in [2.05, 4.69) is 9.97 Å². The summed E-state index contributed by atoms with van der Waals surface area (Å²) in [5, 5.41) is 0.685. The Labute approximate surface area is 134 Å². The Morgan fingerprint density at radius 3 is 2.59 bits per heavy atom. The maximum atomic E-state index is 13.8. The van der Waals surface area contributed by atoms with E-state index < -0.39 is 5.82 Å². The van der Waals surface area contributed by atoms with Crippen LogP contribution in [0.15, 0.2) is 30.5 Å². The molecule has 0 amide bonds. The highest BCUT2D eigenvalue weighted by atomic mass is 35.5. The predicted molar refractivity (Wildman–Crippen MR) is 83.7 cm³/mol. The summed E-state index contributed by atoms with van der Waals surface area (Å²) in [4.78, 5) is 8.29. The summed E-state index contributed by atoms with van der Waals surface area (Å²) >= 11 is 5.87. The lowest BCUT2D eigenvalue weighted by atomic mass is 9.98. The summed E-state index contributed by atoms with van der Waals surface area (Å²) in [7, 11) is 0. The van der Waals surface area contributed by atoms with E-state index in [-0.39, 0.29) is 12.0 Å². The molecule has 1 aliphatic rings. The zero-order valence-electron chi connectivity index (χ0n) is 12.3. The molecule has 5 heteroatoms. The van der Waals surface area contributed by atoms with Crippen molar-refractivity contribution in [2.75, 3.05) is 0 Å². The van der Waals surface area contributed by atoms with Gasteiger partial charge in [-0.2, -0.15) is 9.37 Å². The highest BCUT2D eigenvalue weighted by molar-refractivity contribution is 6.30. The van der Waals surface area contributed by atoms with Crippen molar-refractivity contribution in [1.29, 1.82) is 0 Å². The van der Waals surface area contributed by atoms with Gasteiger partial charge in [-0.3, -0.25) is 0 Å². The van der Waals surface area contributed by atoms with E-state index in [1.807, 2.05) is 24.3 Å². The molecular formula is C17H18ClFN2O. The normalized spacial score (nSPS) is 15.7. The van der Waals surface area contributed by atoms with E-state index >= 15 is 0 Å². The fourth-order valence-corrected chi connectivity index (χ4v) is 2.81. The standard InChI is InChI=1S/C17H18ClFN2O/c18-13-8-6-12(7-9-13)10-16-20-11-15(19)17(21-16)22-14-4-2-1-3-5-14/h6-9,11,14H,1-5,10H2. The quantitative estimate of drug-likeness (QED) is 0.827. The first kappa shape index (κ1) is 15.2. The molecule has 1 aliphatic carbocycles. The zero-order valence-corrected chi connectivity index (χ0v) is 13.0. The minimum Gasteiger partial charge on any atom is -0.472 e. The molecule has 2 aromatic rings. The van der Waals surface area contributed by atoms with Gasteiger partial charge in [-0.1, -0.05) is 30.2 Å². The number of ether oxygens (including phenoxy) is 1. The van der Waals surface area contributed by atoms with Crippen molar-refractivity contribution in [1.82, 2.24) is 9.97 Å². The van der Waals surface area contributed by atoms with Gasteiger partial charge in [0.15, 0.2) is 0 Å². The molecule has 0 saturated heterocycles. The predicted octanol–water partition coefficient (Wildman–Crippen LogP) is 4.57. The Bertz CT molecular complexity index is 627. The van der Waals surface area contributed by atoms with E-state index in [0.717, 1.165) is 31.2 Å². The smallest absolute Gasteiger partial charge is 0.254 e. The van der Waals surface area contributed by atoms with Crippen LogP contribution in [-0.2, 0) is 6.42 Å². The van der Waals surface area contributed by atoms with Crippen molar-refractivity contribution < 1.29 is 9.13 Å². The van der Waals surface area contributed by atoms with Crippen molar-refractivity contribution in [2.24, 2.45) is 0 Å². The SMILES string of the molecule is Fc1cnc(Cc2ccc(Cl)cc2)nc1OC1CCCCC1. The van der Waals surface area contributed by atoms with Crippen molar-refractivity contribution in [2.45, 2.75) is 44.6 Å². The first-order valence-electron chi connectivity index (χ1n) is 7.63. The maximum absolute atomic E-state index is 13.8. The summed E-state index contributed by atoms with van der Waals surface area (Å²) in [5.41, 5.74) is 1.03. The van der Waals surface area contributed by atoms with Crippen LogP contribution in [0, 0.1) is 5.82 Å². The number of hydrogen-bond acceptors (Lipinski definition) is 3. The van der Waals surface area contributed by atoms with E-state index in [1.165, 1.54) is 12.6 Å².